The molecule has 0 aliphatic heterocycles. The number of hydrogen-bond donors (Lipinski definition) is 1. The van der Waals surface area contributed by atoms with Crippen molar-refractivity contribution in [3.8, 4) is 5.75 Å². The Morgan fingerprint density at radius 1 is 1.21 bits per heavy atom. The molecule has 0 fully saturated rings. The van der Waals surface area contributed by atoms with Gasteiger partial charge in [-0.25, -0.2) is 8.42 Å². The van der Waals surface area contributed by atoms with E-state index in [9.17, 15) is 13.2 Å². The summed E-state index contributed by atoms with van der Waals surface area (Å²) in [5.41, 5.74) is 2.79. The van der Waals surface area contributed by atoms with E-state index in [0.717, 1.165) is 35.4 Å². The molecule has 1 amide bonds. The normalized spacial score (nSPS) is 17.1. The highest BCUT2D eigenvalue weighted by atomic mass is 32.2. The van der Waals surface area contributed by atoms with Gasteiger partial charge in [-0.15, -0.1) is 0 Å². The summed E-state index contributed by atoms with van der Waals surface area (Å²) in [6.45, 7) is 4.02. The topological polar surface area (TPSA) is 75.7 Å². The SMILES string of the molecule is CCOc1ccc(N([C@H](C)C(=O)N[C@H]2CCCc3ccccc32)S(C)(=O)=O)cc1. The number of nitrogens with one attached hydrogen (secondary N) is 1. The Bertz CT molecular complexity index is 957. The average molecular weight is 417 g/mol. The first-order chi connectivity index (χ1) is 13.8. The number of benzene rings is 2. The number of carbonyl (C=O) groups excluding carboxylic acids is 1. The van der Waals surface area contributed by atoms with Gasteiger partial charge in [0.15, 0.2) is 0 Å². The van der Waals surface area contributed by atoms with Crippen LogP contribution in [0.5, 0.6) is 5.75 Å². The van der Waals surface area contributed by atoms with Crippen molar-refractivity contribution in [1.29, 1.82) is 0 Å². The second-order valence-electron chi connectivity index (χ2n) is 7.31. The van der Waals surface area contributed by atoms with E-state index in [1.54, 1.807) is 31.2 Å². The summed E-state index contributed by atoms with van der Waals surface area (Å²) >= 11 is 0. The lowest BCUT2D eigenvalue weighted by Gasteiger charge is -2.31. The highest BCUT2D eigenvalue weighted by Crippen LogP contribution is 2.30. The Hall–Kier alpha value is -2.54. The van der Waals surface area contributed by atoms with Crippen molar-refractivity contribution >= 4 is 21.6 Å². The Morgan fingerprint density at radius 2 is 1.90 bits per heavy atom. The fourth-order valence-corrected chi connectivity index (χ4v) is 5.04. The summed E-state index contributed by atoms with van der Waals surface area (Å²) in [5, 5.41) is 3.06. The molecule has 2 aromatic rings. The third kappa shape index (κ3) is 4.90. The first kappa shape index (κ1) is 21.2. The van der Waals surface area contributed by atoms with Gasteiger partial charge in [0.1, 0.15) is 11.8 Å². The van der Waals surface area contributed by atoms with Gasteiger partial charge in [-0.1, -0.05) is 24.3 Å². The van der Waals surface area contributed by atoms with E-state index < -0.39 is 16.1 Å². The molecule has 0 saturated carbocycles. The molecule has 1 aliphatic rings. The standard InChI is InChI=1S/C22H28N2O4S/c1-4-28-19-14-12-18(13-15-19)24(29(3,26)27)16(2)22(25)23-21-11-7-9-17-8-5-6-10-20(17)21/h5-6,8,10,12-16,21H,4,7,9,11H2,1-3H3,(H,23,25)/t16-,21+/m1/s1. The van der Waals surface area contributed by atoms with Crippen LogP contribution >= 0.6 is 0 Å². The molecular weight excluding hydrogens is 388 g/mol. The van der Waals surface area contributed by atoms with Gasteiger partial charge in [0.25, 0.3) is 0 Å². The minimum Gasteiger partial charge on any atom is -0.494 e. The average Bonchev–Trinajstić information content (AvgIpc) is 2.69. The highest BCUT2D eigenvalue weighted by molar-refractivity contribution is 7.92. The Balaban J connectivity index is 1.81. The molecule has 3 rings (SSSR count). The third-order valence-corrected chi connectivity index (χ3v) is 6.42. The van der Waals surface area contributed by atoms with Gasteiger partial charge in [0.05, 0.1) is 24.6 Å². The Labute approximate surface area is 172 Å². The number of hydrogen-bond acceptors (Lipinski definition) is 4. The van der Waals surface area contributed by atoms with Crippen LogP contribution in [0.15, 0.2) is 48.5 Å². The molecule has 0 heterocycles. The van der Waals surface area contributed by atoms with E-state index in [0.29, 0.717) is 18.0 Å². The molecule has 6 nitrogen and oxygen atoms in total. The molecule has 156 valence electrons. The lowest BCUT2D eigenvalue weighted by atomic mass is 9.87. The van der Waals surface area contributed by atoms with Crippen molar-refractivity contribution in [3.05, 3.63) is 59.7 Å². The Kier molecular flexibility index (Phi) is 6.47. The van der Waals surface area contributed by atoms with E-state index in [-0.39, 0.29) is 11.9 Å². The molecular formula is C22H28N2O4S. The molecule has 1 N–H and O–H groups in total. The summed E-state index contributed by atoms with van der Waals surface area (Å²) in [6.07, 6.45) is 3.95. The maximum absolute atomic E-state index is 13.0. The molecule has 1 aliphatic carbocycles. The smallest absolute Gasteiger partial charge is 0.244 e. The first-order valence-electron chi connectivity index (χ1n) is 9.91. The van der Waals surface area contributed by atoms with Crippen molar-refractivity contribution in [1.82, 2.24) is 5.32 Å². The first-order valence-corrected chi connectivity index (χ1v) is 11.8. The van der Waals surface area contributed by atoms with Gasteiger partial charge < -0.3 is 10.1 Å². The fourth-order valence-electron chi connectivity index (χ4n) is 3.86. The fraction of sp³-hybridized carbons (Fsp3) is 0.409. The van der Waals surface area contributed by atoms with Crippen molar-refractivity contribution < 1.29 is 17.9 Å². The number of sulfonamides is 1. The zero-order chi connectivity index (χ0) is 21.0. The number of nitrogens with zero attached hydrogens (tertiary/aromatic N) is 1. The molecule has 2 aromatic carbocycles. The van der Waals surface area contributed by atoms with Crippen LogP contribution in [0.3, 0.4) is 0 Å². The monoisotopic (exact) mass is 416 g/mol. The predicted molar refractivity (Wildman–Crippen MR) is 115 cm³/mol. The maximum Gasteiger partial charge on any atom is 0.244 e. The quantitative estimate of drug-likeness (QED) is 0.750. The molecule has 0 aromatic heterocycles. The van der Waals surface area contributed by atoms with Crippen molar-refractivity contribution in [2.24, 2.45) is 0 Å². The van der Waals surface area contributed by atoms with Crippen LogP contribution in [0.1, 0.15) is 43.9 Å². The molecule has 29 heavy (non-hydrogen) atoms. The molecule has 0 unspecified atom stereocenters. The van der Waals surface area contributed by atoms with Gasteiger partial charge in [-0.2, -0.15) is 0 Å². The molecule has 0 bridgehead atoms. The van der Waals surface area contributed by atoms with E-state index in [1.165, 1.54) is 5.56 Å². The van der Waals surface area contributed by atoms with Gasteiger partial charge in [0, 0.05) is 0 Å². The summed E-state index contributed by atoms with van der Waals surface area (Å²) in [7, 11) is -3.66. The predicted octanol–water partition coefficient (Wildman–Crippen LogP) is 3.43. The molecule has 0 spiro atoms. The van der Waals surface area contributed by atoms with E-state index in [1.807, 2.05) is 25.1 Å². The van der Waals surface area contributed by atoms with E-state index in [2.05, 4.69) is 11.4 Å². The Morgan fingerprint density at radius 3 is 2.55 bits per heavy atom. The summed E-state index contributed by atoms with van der Waals surface area (Å²) in [6, 6.07) is 13.8. The van der Waals surface area contributed by atoms with Crippen molar-refractivity contribution in [2.45, 2.75) is 45.2 Å². The number of rotatable bonds is 7. The zero-order valence-electron chi connectivity index (χ0n) is 17.1. The van der Waals surface area contributed by atoms with Crippen LogP contribution < -0.4 is 14.4 Å². The van der Waals surface area contributed by atoms with Crippen LogP contribution in [0.2, 0.25) is 0 Å². The van der Waals surface area contributed by atoms with Crippen LogP contribution in [0.25, 0.3) is 0 Å². The third-order valence-electron chi connectivity index (χ3n) is 5.18. The zero-order valence-corrected chi connectivity index (χ0v) is 17.9. The van der Waals surface area contributed by atoms with Gasteiger partial charge in [-0.05, 0) is 68.5 Å². The van der Waals surface area contributed by atoms with Gasteiger partial charge >= 0.3 is 0 Å². The minimum absolute atomic E-state index is 0.100. The van der Waals surface area contributed by atoms with Crippen LogP contribution in [-0.2, 0) is 21.2 Å². The largest absolute Gasteiger partial charge is 0.494 e. The molecule has 2 atom stereocenters. The summed E-state index contributed by atoms with van der Waals surface area (Å²) in [5.74, 6) is 0.339. The van der Waals surface area contributed by atoms with Crippen LogP contribution in [0, 0.1) is 0 Å². The maximum atomic E-state index is 13.0. The summed E-state index contributed by atoms with van der Waals surface area (Å²) in [4.78, 5) is 13.0. The lowest BCUT2D eigenvalue weighted by Crippen LogP contribution is -2.49. The summed E-state index contributed by atoms with van der Waals surface area (Å²) < 4.78 is 31.6. The second-order valence-corrected chi connectivity index (χ2v) is 9.17. The number of fused-ring (bicyclic) bond motifs is 1. The van der Waals surface area contributed by atoms with E-state index in [4.69, 9.17) is 4.74 Å². The number of aryl methyl sites for hydroxylation is 1. The van der Waals surface area contributed by atoms with Gasteiger partial charge in [-0.3, -0.25) is 9.10 Å². The minimum atomic E-state index is -3.66. The lowest BCUT2D eigenvalue weighted by molar-refractivity contribution is -0.122. The molecule has 0 radical (unpaired) electrons. The highest BCUT2D eigenvalue weighted by Gasteiger charge is 2.31. The van der Waals surface area contributed by atoms with Crippen molar-refractivity contribution in [2.75, 3.05) is 17.2 Å². The molecule has 7 heteroatoms. The molecule has 0 saturated heterocycles. The number of carbonyl (C=O) groups is 1. The number of anilines is 1. The van der Waals surface area contributed by atoms with Crippen LogP contribution in [-0.4, -0.2) is 33.2 Å². The van der Waals surface area contributed by atoms with E-state index >= 15 is 0 Å². The van der Waals surface area contributed by atoms with Crippen molar-refractivity contribution in [3.63, 3.8) is 0 Å². The number of amides is 1. The number of ether oxygens (including phenoxy) is 1. The van der Waals surface area contributed by atoms with Gasteiger partial charge in [0.2, 0.25) is 15.9 Å². The second kappa shape index (κ2) is 8.86. The van der Waals surface area contributed by atoms with Crippen LogP contribution in [0.4, 0.5) is 5.69 Å².